The van der Waals surface area contributed by atoms with E-state index >= 15 is 0 Å². The van der Waals surface area contributed by atoms with Crippen LogP contribution in [0, 0.1) is 0 Å². The van der Waals surface area contributed by atoms with Crippen molar-refractivity contribution in [2.24, 2.45) is 0 Å². The second-order valence-electron chi connectivity index (χ2n) is 4.13. The highest BCUT2D eigenvalue weighted by molar-refractivity contribution is 7.92. The molecule has 0 aliphatic heterocycles. The van der Waals surface area contributed by atoms with E-state index in [1.807, 2.05) is 20.0 Å². The first-order valence-corrected chi connectivity index (χ1v) is 7.30. The van der Waals surface area contributed by atoms with Crippen LogP contribution in [-0.4, -0.2) is 25.4 Å². The van der Waals surface area contributed by atoms with E-state index < -0.39 is 10.0 Å². The number of rotatable bonds is 5. The maximum atomic E-state index is 12.2. The predicted molar refractivity (Wildman–Crippen MR) is 73.3 cm³/mol. The van der Waals surface area contributed by atoms with E-state index in [4.69, 9.17) is 0 Å². The van der Waals surface area contributed by atoms with Crippen LogP contribution in [0.4, 0.5) is 5.95 Å². The van der Waals surface area contributed by atoms with Crippen molar-refractivity contribution in [1.82, 2.24) is 15.3 Å². The molecule has 1 aromatic heterocycles. The van der Waals surface area contributed by atoms with Gasteiger partial charge in [0, 0.05) is 18.4 Å². The number of H-pyrrole nitrogens is 1. The van der Waals surface area contributed by atoms with Crippen LogP contribution in [0.1, 0.15) is 18.5 Å². The Morgan fingerprint density at radius 1 is 1.37 bits per heavy atom. The van der Waals surface area contributed by atoms with Crippen molar-refractivity contribution < 1.29 is 8.42 Å². The molecule has 1 unspecified atom stereocenters. The van der Waals surface area contributed by atoms with Gasteiger partial charge in [-0.05, 0) is 31.7 Å². The van der Waals surface area contributed by atoms with Gasteiger partial charge in [0.05, 0.1) is 4.90 Å². The van der Waals surface area contributed by atoms with Crippen molar-refractivity contribution in [2.75, 3.05) is 11.8 Å². The van der Waals surface area contributed by atoms with E-state index in [9.17, 15) is 8.42 Å². The zero-order chi connectivity index (χ0) is 13.9. The predicted octanol–water partition coefficient (Wildman–Crippen LogP) is 1.49. The third-order valence-electron chi connectivity index (χ3n) is 2.83. The number of hydrogen-bond donors (Lipinski definition) is 3. The van der Waals surface area contributed by atoms with Crippen LogP contribution in [0.25, 0.3) is 0 Å². The number of benzene rings is 1. The SMILES string of the molecule is CNC(C)c1cccc(S(=O)(=O)Nc2ncc[nH]2)c1. The molecule has 0 aliphatic rings. The molecule has 0 saturated heterocycles. The van der Waals surface area contributed by atoms with Gasteiger partial charge in [0.25, 0.3) is 10.0 Å². The molecular formula is C12H16N4O2S. The molecule has 19 heavy (non-hydrogen) atoms. The molecule has 0 amide bonds. The second-order valence-corrected chi connectivity index (χ2v) is 5.81. The van der Waals surface area contributed by atoms with Gasteiger partial charge in [0.2, 0.25) is 5.95 Å². The van der Waals surface area contributed by atoms with E-state index in [1.165, 1.54) is 6.20 Å². The van der Waals surface area contributed by atoms with Gasteiger partial charge in [-0.3, -0.25) is 0 Å². The number of hydrogen-bond acceptors (Lipinski definition) is 4. The van der Waals surface area contributed by atoms with Crippen molar-refractivity contribution in [2.45, 2.75) is 17.9 Å². The molecule has 1 atom stereocenters. The Balaban J connectivity index is 2.30. The van der Waals surface area contributed by atoms with Crippen LogP contribution < -0.4 is 10.0 Å². The minimum Gasteiger partial charge on any atom is -0.330 e. The fourth-order valence-corrected chi connectivity index (χ4v) is 2.66. The van der Waals surface area contributed by atoms with E-state index in [0.717, 1.165) is 5.56 Å². The molecular weight excluding hydrogens is 264 g/mol. The van der Waals surface area contributed by atoms with Crippen molar-refractivity contribution in [3.63, 3.8) is 0 Å². The van der Waals surface area contributed by atoms with Crippen molar-refractivity contribution >= 4 is 16.0 Å². The Morgan fingerprint density at radius 2 is 2.16 bits per heavy atom. The zero-order valence-electron chi connectivity index (χ0n) is 10.7. The molecule has 3 N–H and O–H groups in total. The summed E-state index contributed by atoms with van der Waals surface area (Å²) in [5, 5.41) is 3.07. The standard InChI is InChI=1S/C12H16N4O2S/c1-9(13-2)10-4-3-5-11(8-10)19(17,18)16-12-14-6-7-15-12/h3-9,13H,1-2H3,(H2,14,15,16). The number of nitrogens with one attached hydrogen (secondary N) is 3. The minimum absolute atomic E-state index is 0.0822. The molecule has 0 spiro atoms. The molecule has 1 aromatic carbocycles. The highest BCUT2D eigenvalue weighted by Gasteiger charge is 2.16. The number of aromatic amines is 1. The average Bonchev–Trinajstić information content (AvgIpc) is 2.90. The van der Waals surface area contributed by atoms with Crippen LogP contribution in [0.2, 0.25) is 0 Å². The summed E-state index contributed by atoms with van der Waals surface area (Å²) in [6.45, 7) is 1.96. The maximum Gasteiger partial charge on any atom is 0.264 e. The summed E-state index contributed by atoms with van der Waals surface area (Å²) < 4.78 is 26.7. The highest BCUT2D eigenvalue weighted by Crippen LogP contribution is 2.18. The summed E-state index contributed by atoms with van der Waals surface area (Å²) in [4.78, 5) is 6.75. The van der Waals surface area contributed by atoms with Crippen molar-refractivity contribution in [3.05, 3.63) is 42.2 Å². The number of anilines is 1. The summed E-state index contributed by atoms with van der Waals surface area (Å²) in [5.74, 6) is 0.201. The molecule has 6 nitrogen and oxygen atoms in total. The summed E-state index contributed by atoms with van der Waals surface area (Å²) in [6.07, 6.45) is 3.04. The molecule has 7 heteroatoms. The van der Waals surface area contributed by atoms with Gasteiger partial charge in [-0.15, -0.1) is 0 Å². The quantitative estimate of drug-likeness (QED) is 0.774. The molecule has 0 bridgehead atoms. The van der Waals surface area contributed by atoms with Crippen LogP contribution in [0.15, 0.2) is 41.6 Å². The third kappa shape index (κ3) is 3.12. The molecule has 2 rings (SSSR count). The Morgan fingerprint density at radius 3 is 2.79 bits per heavy atom. The first kappa shape index (κ1) is 13.6. The maximum absolute atomic E-state index is 12.2. The summed E-state index contributed by atoms with van der Waals surface area (Å²) >= 11 is 0. The molecule has 2 aromatic rings. The monoisotopic (exact) mass is 280 g/mol. The number of aromatic nitrogens is 2. The van der Waals surface area contributed by atoms with Crippen LogP contribution in [0.5, 0.6) is 0 Å². The number of nitrogens with zero attached hydrogens (tertiary/aromatic N) is 1. The first-order chi connectivity index (χ1) is 9.03. The molecule has 0 fully saturated rings. The summed E-state index contributed by atoms with van der Waals surface area (Å²) in [5.41, 5.74) is 0.907. The molecule has 102 valence electrons. The number of sulfonamides is 1. The lowest BCUT2D eigenvalue weighted by molar-refractivity contribution is 0.600. The van der Waals surface area contributed by atoms with Gasteiger partial charge in [0.1, 0.15) is 0 Å². The topological polar surface area (TPSA) is 86.9 Å². The lowest BCUT2D eigenvalue weighted by Crippen LogP contribution is -2.16. The molecule has 0 saturated carbocycles. The Labute approximate surface area is 112 Å². The Kier molecular flexibility index (Phi) is 3.87. The van der Waals surface area contributed by atoms with Gasteiger partial charge < -0.3 is 10.3 Å². The lowest BCUT2D eigenvalue weighted by Gasteiger charge is -2.12. The van der Waals surface area contributed by atoms with Gasteiger partial charge in [-0.2, -0.15) is 0 Å². The third-order valence-corrected chi connectivity index (χ3v) is 4.17. The Bertz CT molecular complexity index is 638. The minimum atomic E-state index is -3.62. The fourth-order valence-electron chi connectivity index (χ4n) is 1.62. The van der Waals surface area contributed by atoms with Gasteiger partial charge in [-0.1, -0.05) is 12.1 Å². The van der Waals surface area contributed by atoms with Crippen LogP contribution in [0.3, 0.4) is 0 Å². The van der Waals surface area contributed by atoms with Crippen molar-refractivity contribution in [1.29, 1.82) is 0 Å². The van der Waals surface area contributed by atoms with Crippen LogP contribution >= 0.6 is 0 Å². The normalized spacial score (nSPS) is 13.2. The molecule has 0 radical (unpaired) electrons. The Hall–Kier alpha value is -1.86. The smallest absolute Gasteiger partial charge is 0.264 e. The van der Waals surface area contributed by atoms with E-state index in [0.29, 0.717) is 0 Å². The van der Waals surface area contributed by atoms with Crippen LogP contribution in [-0.2, 0) is 10.0 Å². The highest BCUT2D eigenvalue weighted by atomic mass is 32.2. The largest absolute Gasteiger partial charge is 0.330 e. The molecule has 1 heterocycles. The summed E-state index contributed by atoms with van der Waals surface area (Å²) in [7, 11) is -1.79. The molecule has 0 aliphatic carbocycles. The zero-order valence-corrected chi connectivity index (χ0v) is 11.5. The van der Waals surface area contributed by atoms with E-state index in [2.05, 4.69) is 20.0 Å². The van der Waals surface area contributed by atoms with E-state index in [1.54, 1.807) is 24.4 Å². The van der Waals surface area contributed by atoms with Gasteiger partial charge >= 0.3 is 0 Å². The first-order valence-electron chi connectivity index (χ1n) is 5.82. The summed E-state index contributed by atoms with van der Waals surface area (Å²) in [6, 6.07) is 6.88. The fraction of sp³-hybridized carbons (Fsp3) is 0.250. The average molecular weight is 280 g/mol. The van der Waals surface area contributed by atoms with Crippen molar-refractivity contribution in [3.8, 4) is 0 Å². The lowest BCUT2D eigenvalue weighted by atomic mass is 10.1. The van der Waals surface area contributed by atoms with Gasteiger partial charge in [-0.25, -0.2) is 18.1 Å². The second kappa shape index (κ2) is 5.41. The van der Waals surface area contributed by atoms with Gasteiger partial charge in [0.15, 0.2) is 0 Å². The number of imidazole rings is 1. The van der Waals surface area contributed by atoms with E-state index in [-0.39, 0.29) is 16.9 Å².